The smallest absolute Gasteiger partial charge is 0.123 e. The molecule has 102 valence electrons. The molecule has 1 heteroatoms. The molecule has 0 aliphatic heterocycles. The first-order chi connectivity index (χ1) is 9.00. The summed E-state index contributed by atoms with van der Waals surface area (Å²) >= 11 is 0. The van der Waals surface area contributed by atoms with Crippen molar-refractivity contribution in [3.63, 3.8) is 0 Å². The molecule has 0 unspecified atom stereocenters. The van der Waals surface area contributed by atoms with E-state index in [1.165, 1.54) is 17.2 Å². The quantitative estimate of drug-likeness (QED) is 0.668. The average Bonchev–Trinajstić information content (AvgIpc) is 2.41. The van der Waals surface area contributed by atoms with Gasteiger partial charge in [0.1, 0.15) is 5.82 Å². The largest absolute Gasteiger partial charge is 0.207 e. The summed E-state index contributed by atoms with van der Waals surface area (Å²) in [7, 11) is 0. The van der Waals surface area contributed by atoms with Gasteiger partial charge in [-0.25, -0.2) is 4.39 Å². The maximum Gasteiger partial charge on any atom is 0.123 e. The number of rotatable bonds is 2. The molecule has 0 aliphatic rings. The van der Waals surface area contributed by atoms with E-state index < -0.39 is 0 Å². The second-order valence-corrected chi connectivity index (χ2v) is 5.00. The van der Waals surface area contributed by atoms with Gasteiger partial charge in [0.05, 0.1) is 0 Å². The molecule has 0 aromatic heterocycles. The van der Waals surface area contributed by atoms with E-state index in [1.807, 2.05) is 19.9 Å². The Kier molecular flexibility index (Phi) is 5.29. The van der Waals surface area contributed by atoms with Crippen molar-refractivity contribution in [1.82, 2.24) is 0 Å². The van der Waals surface area contributed by atoms with Crippen LogP contribution in [0.5, 0.6) is 0 Å². The van der Waals surface area contributed by atoms with E-state index >= 15 is 0 Å². The summed E-state index contributed by atoms with van der Waals surface area (Å²) in [5.74, 6) is -0.178. The molecule has 2 rings (SSSR count). The lowest BCUT2D eigenvalue weighted by Gasteiger charge is -2.26. The van der Waals surface area contributed by atoms with Crippen LogP contribution in [-0.4, -0.2) is 0 Å². The molecular formula is C18H23F. The van der Waals surface area contributed by atoms with Gasteiger partial charge in [0.25, 0.3) is 0 Å². The molecular weight excluding hydrogens is 235 g/mol. The minimum atomic E-state index is -0.178. The summed E-state index contributed by atoms with van der Waals surface area (Å²) in [6, 6.07) is 15.2. The van der Waals surface area contributed by atoms with E-state index in [2.05, 4.69) is 45.0 Å². The minimum Gasteiger partial charge on any atom is -0.207 e. The van der Waals surface area contributed by atoms with E-state index in [0.717, 1.165) is 5.56 Å². The molecule has 2 aromatic rings. The fraction of sp³-hybridized carbons (Fsp3) is 0.333. The molecule has 0 N–H and O–H groups in total. The van der Waals surface area contributed by atoms with Crippen LogP contribution in [0.2, 0.25) is 0 Å². The second-order valence-electron chi connectivity index (χ2n) is 5.00. The van der Waals surface area contributed by atoms with Gasteiger partial charge in [-0.1, -0.05) is 69.7 Å². The van der Waals surface area contributed by atoms with Crippen LogP contribution in [0.25, 0.3) is 0 Å². The predicted octanol–water partition coefficient (Wildman–Crippen LogP) is 5.49. The van der Waals surface area contributed by atoms with Crippen LogP contribution in [0.15, 0.2) is 48.5 Å². The molecule has 0 atom stereocenters. The molecule has 0 saturated carbocycles. The maximum absolute atomic E-state index is 13.3. The van der Waals surface area contributed by atoms with Crippen LogP contribution >= 0.6 is 0 Å². The van der Waals surface area contributed by atoms with E-state index in [9.17, 15) is 4.39 Å². The van der Waals surface area contributed by atoms with Crippen molar-refractivity contribution in [2.45, 2.75) is 40.0 Å². The third-order valence-corrected chi connectivity index (χ3v) is 3.32. The zero-order chi connectivity index (χ0) is 14.5. The minimum absolute atomic E-state index is 0.171. The summed E-state index contributed by atoms with van der Waals surface area (Å²) in [4.78, 5) is 0. The fourth-order valence-corrected chi connectivity index (χ4v) is 2.01. The van der Waals surface area contributed by atoms with Crippen LogP contribution in [0.1, 0.15) is 44.4 Å². The number of aryl methyl sites for hydroxylation is 1. The highest BCUT2D eigenvalue weighted by Crippen LogP contribution is 2.31. The van der Waals surface area contributed by atoms with Crippen LogP contribution in [-0.2, 0) is 5.41 Å². The fourth-order valence-electron chi connectivity index (χ4n) is 2.01. The summed E-state index contributed by atoms with van der Waals surface area (Å²) in [5, 5.41) is 0. The molecule has 0 amide bonds. The molecule has 0 radical (unpaired) electrons. The SMILES string of the molecule is CC.Cc1ccc(C(C)(C)c2cccc(F)c2)cc1. The summed E-state index contributed by atoms with van der Waals surface area (Å²) in [6.45, 7) is 10.3. The zero-order valence-electron chi connectivity index (χ0n) is 12.5. The van der Waals surface area contributed by atoms with Crippen LogP contribution in [0, 0.1) is 12.7 Å². The van der Waals surface area contributed by atoms with Crippen molar-refractivity contribution >= 4 is 0 Å². The first kappa shape index (κ1) is 15.4. The molecule has 0 heterocycles. The van der Waals surface area contributed by atoms with Gasteiger partial charge in [-0.3, -0.25) is 0 Å². The van der Waals surface area contributed by atoms with Gasteiger partial charge in [-0.15, -0.1) is 0 Å². The van der Waals surface area contributed by atoms with Crippen molar-refractivity contribution in [3.8, 4) is 0 Å². The van der Waals surface area contributed by atoms with Gasteiger partial charge in [-0.2, -0.15) is 0 Å². The van der Waals surface area contributed by atoms with Crippen molar-refractivity contribution in [2.75, 3.05) is 0 Å². The zero-order valence-corrected chi connectivity index (χ0v) is 12.5. The lowest BCUT2D eigenvalue weighted by Crippen LogP contribution is -2.18. The topological polar surface area (TPSA) is 0 Å². The lowest BCUT2D eigenvalue weighted by atomic mass is 9.78. The number of hydrogen-bond donors (Lipinski definition) is 0. The van der Waals surface area contributed by atoms with Gasteiger partial charge in [0.15, 0.2) is 0 Å². The molecule has 0 fully saturated rings. The number of halogens is 1. The first-order valence-electron chi connectivity index (χ1n) is 6.83. The lowest BCUT2D eigenvalue weighted by molar-refractivity contribution is 0.601. The van der Waals surface area contributed by atoms with Gasteiger partial charge in [-0.05, 0) is 30.2 Å². The monoisotopic (exact) mass is 258 g/mol. The molecule has 19 heavy (non-hydrogen) atoms. The Bertz CT molecular complexity index is 509. The molecule has 0 bridgehead atoms. The Labute approximate surface area is 116 Å². The highest BCUT2D eigenvalue weighted by Gasteiger charge is 2.23. The van der Waals surface area contributed by atoms with Crippen molar-refractivity contribution in [2.24, 2.45) is 0 Å². The Balaban J connectivity index is 0.000000861. The van der Waals surface area contributed by atoms with Crippen molar-refractivity contribution < 1.29 is 4.39 Å². The third kappa shape index (κ3) is 3.66. The highest BCUT2D eigenvalue weighted by atomic mass is 19.1. The summed E-state index contributed by atoms with van der Waals surface area (Å²) < 4.78 is 13.3. The van der Waals surface area contributed by atoms with Crippen molar-refractivity contribution in [1.29, 1.82) is 0 Å². The maximum atomic E-state index is 13.3. The first-order valence-corrected chi connectivity index (χ1v) is 6.83. The van der Waals surface area contributed by atoms with Crippen molar-refractivity contribution in [3.05, 3.63) is 71.0 Å². The summed E-state index contributed by atoms with van der Waals surface area (Å²) in [5.41, 5.74) is 3.27. The highest BCUT2D eigenvalue weighted by molar-refractivity contribution is 5.38. The third-order valence-electron chi connectivity index (χ3n) is 3.32. The van der Waals surface area contributed by atoms with Gasteiger partial charge in [0, 0.05) is 5.41 Å². The Morgan fingerprint density at radius 2 is 1.42 bits per heavy atom. The van der Waals surface area contributed by atoms with E-state index in [1.54, 1.807) is 12.1 Å². The van der Waals surface area contributed by atoms with E-state index in [0.29, 0.717) is 0 Å². The number of benzene rings is 2. The summed E-state index contributed by atoms with van der Waals surface area (Å²) in [6.07, 6.45) is 0. The van der Waals surface area contributed by atoms with Gasteiger partial charge >= 0.3 is 0 Å². The van der Waals surface area contributed by atoms with Gasteiger partial charge in [0.2, 0.25) is 0 Å². The Hall–Kier alpha value is -1.63. The predicted molar refractivity (Wildman–Crippen MR) is 81.1 cm³/mol. The van der Waals surface area contributed by atoms with Crippen LogP contribution < -0.4 is 0 Å². The Morgan fingerprint density at radius 1 is 0.842 bits per heavy atom. The van der Waals surface area contributed by atoms with E-state index in [-0.39, 0.29) is 11.2 Å². The standard InChI is InChI=1S/C16H17F.C2H6/c1-12-7-9-13(10-8-12)16(2,3)14-5-4-6-15(17)11-14;1-2/h4-11H,1-3H3;1-2H3. The molecule has 0 spiro atoms. The average molecular weight is 258 g/mol. The molecule has 0 saturated heterocycles. The molecule has 2 aromatic carbocycles. The van der Waals surface area contributed by atoms with Crippen LogP contribution in [0.4, 0.5) is 4.39 Å². The van der Waals surface area contributed by atoms with Crippen LogP contribution in [0.3, 0.4) is 0 Å². The Morgan fingerprint density at radius 3 is 1.95 bits per heavy atom. The normalized spacial score (nSPS) is 10.6. The second kappa shape index (κ2) is 6.51. The molecule has 0 nitrogen and oxygen atoms in total. The molecule has 0 aliphatic carbocycles. The van der Waals surface area contributed by atoms with Gasteiger partial charge < -0.3 is 0 Å². The van der Waals surface area contributed by atoms with E-state index in [4.69, 9.17) is 0 Å². The number of hydrogen-bond acceptors (Lipinski definition) is 0.